The topological polar surface area (TPSA) is 84.5 Å². The number of nitrogens with one attached hydrogen (secondary N) is 2. The Bertz CT molecular complexity index is 1400. The third kappa shape index (κ3) is 3.67. The molecule has 0 saturated heterocycles. The summed E-state index contributed by atoms with van der Waals surface area (Å²) in [5, 5.41) is 8.54. The molecule has 0 aliphatic carbocycles. The molecule has 3 aromatic carbocycles. The molecule has 0 saturated carbocycles. The SMILES string of the molecule is O=C(Nc1ccccc1C(=O)NCc1ccco1)c1cc2c(ccc3ccccc32)o1. The van der Waals surface area contributed by atoms with Crippen LogP contribution in [0.4, 0.5) is 5.69 Å². The number of carbonyl (C=O) groups is 2. The van der Waals surface area contributed by atoms with Gasteiger partial charge in [0.1, 0.15) is 11.3 Å². The highest BCUT2D eigenvalue weighted by atomic mass is 16.3. The minimum absolute atomic E-state index is 0.178. The van der Waals surface area contributed by atoms with E-state index in [-0.39, 0.29) is 18.2 Å². The van der Waals surface area contributed by atoms with Crippen molar-refractivity contribution in [3.05, 3.63) is 102 Å². The van der Waals surface area contributed by atoms with Gasteiger partial charge in [-0.3, -0.25) is 9.59 Å². The van der Waals surface area contributed by atoms with Crippen LogP contribution >= 0.6 is 0 Å². The standard InChI is InChI=1S/C25H18N2O4/c28-24(26-15-17-7-5-13-30-17)19-9-3-4-10-21(19)27-25(29)23-14-20-18-8-2-1-6-16(18)11-12-22(20)31-23/h1-14H,15H2,(H,26,28)(H,27,29). The van der Waals surface area contributed by atoms with E-state index in [1.807, 2.05) is 36.4 Å². The Hall–Kier alpha value is -4.32. The van der Waals surface area contributed by atoms with E-state index in [0.29, 0.717) is 22.6 Å². The number of para-hydroxylation sites is 1. The maximum Gasteiger partial charge on any atom is 0.291 e. The summed E-state index contributed by atoms with van der Waals surface area (Å²) >= 11 is 0. The Balaban J connectivity index is 1.39. The molecule has 31 heavy (non-hydrogen) atoms. The Morgan fingerprint density at radius 2 is 1.65 bits per heavy atom. The van der Waals surface area contributed by atoms with Crippen LogP contribution < -0.4 is 10.6 Å². The van der Waals surface area contributed by atoms with Crippen LogP contribution in [0.25, 0.3) is 21.7 Å². The quantitative estimate of drug-likeness (QED) is 0.408. The third-order valence-electron chi connectivity index (χ3n) is 5.07. The monoisotopic (exact) mass is 410 g/mol. The van der Waals surface area contributed by atoms with Gasteiger partial charge in [-0.2, -0.15) is 0 Å². The molecule has 2 N–H and O–H groups in total. The molecule has 0 aliphatic rings. The predicted octanol–water partition coefficient (Wildman–Crippen LogP) is 5.36. The van der Waals surface area contributed by atoms with Crippen molar-refractivity contribution in [3.63, 3.8) is 0 Å². The van der Waals surface area contributed by atoms with Gasteiger partial charge in [-0.25, -0.2) is 0 Å². The lowest BCUT2D eigenvalue weighted by Gasteiger charge is -2.10. The molecule has 2 amide bonds. The van der Waals surface area contributed by atoms with Gasteiger partial charge in [0.2, 0.25) is 0 Å². The summed E-state index contributed by atoms with van der Waals surface area (Å²) < 4.78 is 11.0. The molecule has 0 fully saturated rings. The van der Waals surface area contributed by atoms with Crippen molar-refractivity contribution in [3.8, 4) is 0 Å². The molecule has 2 aromatic heterocycles. The Morgan fingerprint density at radius 3 is 2.52 bits per heavy atom. The second-order valence-corrected chi connectivity index (χ2v) is 7.07. The molecule has 0 bridgehead atoms. The molecule has 6 heteroatoms. The van der Waals surface area contributed by atoms with Crippen molar-refractivity contribution in [2.75, 3.05) is 5.32 Å². The van der Waals surface area contributed by atoms with Gasteiger partial charge in [-0.1, -0.05) is 42.5 Å². The van der Waals surface area contributed by atoms with Crippen LogP contribution in [0, 0.1) is 0 Å². The second-order valence-electron chi connectivity index (χ2n) is 7.07. The van der Waals surface area contributed by atoms with Gasteiger partial charge in [-0.15, -0.1) is 0 Å². The molecule has 0 radical (unpaired) electrons. The lowest BCUT2D eigenvalue weighted by molar-refractivity contribution is 0.0949. The number of anilines is 1. The average molecular weight is 410 g/mol. The van der Waals surface area contributed by atoms with Crippen LogP contribution in [-0.2, 0) is 6.54 Å². The molecule has 5 rings (SSSR count). The van der Waals surface area contributed by atoms with E-state index in [1.54, 1.807) is 48.7 Å². The zero-order chi connectivity index (χ0) is 21.2. The van der Waals surface area contributed by atoms with Crippen molar-refractivity contribution >= 4 is 39.2 Å². The zero-order valence-corrected chi connectivity index (χ0v) is 16.4. The van der Waals surface area contributed by atoms with Crippen molar-refractivity contribution < 1.29 is 18.4 Å². The smallest absolute Gasteiger partial charge is 0.291 e. The molecule has 0 spiro atoms. The minimum atomic E-state index is -0.424. The fraction of sp³-hybridized carbons (Fsp3) is 0.0400. The van der Waals surface area contributed by atoms with Crippen molar-refractivity contribution in [1.82, 2.24) is 5.32 Å². The number of rotatable bonds is 5. The molecular formula is C25H18N2O4. The number of benzene rings is 3. The van der Waals surface area contributed by atoms with E-state index >= 15 is 0 Å². The first-order valence-corrected chi connectivity index (χ1v) is 9.81. The van der Waals surface area contributed by atoms with E-state index in [1.165, 1.54) is 0 Å². The molecule has 2 heterocycles. The van der Waals surface area contributed by atoms with Gasteiger partial charge in [-0.05, 0) is 47.2 Å². The summed E-state index contributed by atoms with van der Waals surface area (Å²) in [4.78, 5) is 25.5. The Kier molecular flexibility index (Phi) is 4.72. The van der Waals surface area contributed by atoms with E-state index in [9.17, 15) is 9.59 Å². The highest BCUT2D eigenvalue weighted by Gasteiger charge is 2.18. The Morgan fingerprint density at radius 1 is 0.806 bits per heavy atom. The highest BCUT2D eigenvalue weighted by Crippen LogP contribution is 2.28. The van der Waals surface area contributed by atoms with Gasteiger partial charge in [0, 0.05) is 5.39 Å². The van der Waals surface area contributed by atoms with Crippen LogP contribution in [0.1, 0.15) is 26.7 Å². The van der Waals surface area contributed by atoms with Crippen LogP contribution in [0.5, 0.6) is 0 Å². The van der Waals surface area contributed by atoms with Crippen LogP contribution in [-0.4, -0.2) is 11.8 Å². The van der Waals surface area contributed by atoms with Crippen molar-refractivity contribution in [2.45, 2.75) is 6.54 Å². The predicted molar refractivity (Wildman–Crippen MR) is 118 cm³/mol. The maximum absolute atomic E-state index is 12.9. The average Bonchev–Trinajstić information content (AvgIpc) is 3.48. The summed E-state index contributed by atoms with van der Waals surface area (Å²) in [7, 11) is 0. The van der Waals surface area contributed by atoms with E-state index in [0.717, 1.165) is 16.2 Å². The molecule has 0 aliphatic heterocycles. The number of hydrogen-bond acceptors (Lipinski definition) is 4. The van der Waals surface area contributed by atoms with Crippen LogP contribution in [0.2, 0.25) is 0 Å². The summed E-state index contributed by atoms with van der Waals surface area (Å²) in [6, 6.07) is 23.8. The highest BCUT2D eigenvalue weighted by molar-refractivity contribution is 6.12. The molecule has 5 aromatic rings. The van der Waals surface area contributed by atoms with Crippen molar-refractivity contribution in [1.29, 1.82) is 0 Å². The van der Waals surface area contributed by atoms with Crippen LogP contribution in [0.3, 0.4) is 0 Å². The molecule has 0 unspecified atom stereocenters. The summed E-state index contributed by atoms with van der Waals surface area (Å²) in [5.74, 6) is 0.0796. The van der Waals surface area contributed by atoms with Crippen molar-refractivity contribution in [2.24, 2.45) is 0 Å². The third-order valence-corrected chi connectivity index (χ3v) is 5.07. The fourth-order valence-electron chi connectivity index (χ4n) is 3.55. The molecule has 0 atom stereocenters. The fourth-order valence-corrected chi connectivity index (χ4v) is 3.55. The second kappa shape index (κ2) is 7.84. The van der Waals surface area contributed by atoms with Gasteiger partial charge < -0.3 is 19.5 Å². The largest absolute Gasteiger partial charge is 0.467 e. The normalized spacial score (nSPS) is 11.0. The summed E-state index contributed by atoms with van der Waals surface area (Å²) in [5.41, 5.74) is 1.38. The number of fused-ring (bicyclic) bond motifs is 3. The van der Waals surface area contributed by atoms with Gasteiger partial charge in [0.15, 0.2) is 5.76 Å². The van der Waals surface area contributed by atoms with E-state index < -0.39 is 5.91 Å². The molecule has 152 valence electrons. The maximum atomic E-state index is 12.9. The van der Waals surface area contributed by atoms with Gasteiger partial charge in [0.25, 0.3) is 11.8 Å². The summed E-state index contributed by atoms with van der Waals surface area (Å²) in [6.45, 7) is 0.255. The Labute approximate surface area is 177 Å². The van der Waals surface area contributed by atoms with E-state index in [4.69, 9.17) is 8.83 Å². The summed E-state index contributed by atoms with van der Waals surface area (Å²) in [6.07, 6.45) is 1.55. The molecule has 6 nitrogen and oxygen atoms in total. The van der Waals surface area contributed by atoms with Gasteiger partial charge in [0.05, 0.1) is 24.1 Å². The number of furan rings is 2. The molecular weight excluding hydrogens is 392 g/mol. The first-order chi connectivity index (χ1) is 15.2. The zero-order valence-electron chi connectivity index (χ0n) is 16.4. The van der Waals surface area contributed by atoms with Gasteiger partial charge >= 0.3 is 0 Å². The lowest BCUT2D eigenvalue weighted by atomic mass is 10.1. The first-order valence-electron chi connectivity index (χ1n) is 9.81. The first kappa shape index (κ1) is 18.7. The lowest BCUT2D eigenvalue weighted by Crippen LogP contribution is -2.24. The van der Waals surface area contributed by atoms with E-state index in [2.05, 4.69) is 10.6 Å². The number of carbonyl (C=O) groups excluding carboxylic acids is 2. The van der Waals surface area contributed by atoms with Crippen LogP contribution in [0.15, 0.2) is 94.0 Å². The number of hydrogen-bond donors (Lipinski definition) is 2. The minimum Gasteiger partial charge on any atom is -0.467 e. The number of amides is 2.